The maximum absolute atomic E-state index is 9.98. The summed E-state index contributed by atoms with van der Waals surface area (Å²) in [6, 6.07) is 0. The summed E-state index contributed by atoms with van der Waals surface area (Å²) in [5.41, 5.74) is 0.770. The Hall–Kier alpha value is -0.540. The Bertz CT molecular complexity index is 299. The quantitative estimate of drug-likeness (QED) is 0.815. The summed E-state index contributed by atoms with van der Waals surface area (Å²) >= 11 is 6.01. The van der Waals surface area contributed by atoms with E-state index < -0.39 is 6.10 Å². The summed E-state index contributed by atoms with van der Waals surface area (Å²) in [5, 5.41) is 14.7. The van der Waals surface area contributed by atoms with E-state index in [1.807, 2.05) is 4.68 Å². The fraction of sp³-hybridized carbons (Fsp3) is 0.727. The lowest BCUT2D eigenvalue weighted by Crippen LogP contribution is -2.09. The third kappa shape index (κ3) is 3.21. The molecule has 1 aromatic rings. The molecule has 0 bridgehead atoms. The van der Waals surface area contributed by atoms with E-state index in [1.165, 1.54) is 0 Å². The standard InChI is InChI=1S/C11H19ClN2O/c1-3-5-6-10(15)11-9(12)8-13-14(11)7-4-2/h8,10,15H,3-7H2,1-2H3. The molecule has 1 N–H and O–H groups in total. The van der Waals surface area contributed by atoms with Gasteiger partial charge in [-0.25, -0.2) is 0 Å². The van der Waals surface area contributed by atoms with Crippen LogP contribution in [0.1, 0.15) is 51.3 Å². The molecular weight excluding hydrogens is 212 g/mol. The van der Waals surface area contributed by atoms with E-state index in [0.29, 0.717) is 5.02 Å². The summed E-state index contributed by atoms with van der Waals surface area (Å²) in [6.45, 7) is 5.00. The van der Waals surface area contributed by atoms with Crippen LogP contribution in [-0.4, -0.2) is 14.9 Å². The number of rotatable bonds is 6. The molecule has 86 valence electrons. The minimum absolute atomic E-state index is 0.480. The molecule has 1 atom stereocenters. The van der Waals surface area contributed by atoms with Gasteiger partial charge < -0.3 is 5.11 Å². The molecule has 0 spiro atoms. The van der Waals surface area contributed by atoms with Crippen LogP contribution < -0.4 is 0 Å². The molecule has 4 heteroatoms. The van der Waals surface area contributed by atoms with Crippen LogP contribution in [0.5, 0.6) is 0 Å². The number of aliphatic hydroxyl groups excluding tert-OH is 1. The smallest absolute Gasteiger partial charge is 0.0971 e. The predicted molar refractivity (Wildman–Crippen MR) is 62.0 cm³/mol. The molecule has 0 saturated carbocycles. The highest BCUT2D eigenvalue weighted by atomic mass is 35.5. The van der Waals surface area contributed by atoms with Gasteiger partial charge in [0.1, 0.15) is 0 Å². The number of aromatic nitrogens is 2. The molecule has 1 rings (SSSR count). The number of halogens is 1. The molecule has 15 heavy (non-hydrogen) atoms. The predicted octanol–water partition coefficient (Wildman–Crippen LogP) is 3.17. The fourth-order valence-corrected chi connectivity index (χ4v) is 1.89. The molecule has 1 aromatic heterocycles. The van der Waals surface area contributed by atoms with Gasteiger partial charge in [0.05, 0.1) is 23.0 Å². The second-order valence-electron chi connectivity index (χ2n) is 3.76. The highest BCUT2D eigenvalue weighted by Crippen LogP contribution is 2.26. The lowest BCUT2D eigenvalue weighted by Gasteiger charge is -2.13. The monoisotopic (exact) mass is 230 g/mol. The van der Waals surface area contributed by atoms with Crippen LogP contribution in [0.4, 0.5) is 0 Å². The van der Waals surface area contributed by atoms with Gasteiger partial charge in [0, 0.05) is 6.54 Å². The van der Waals surface area contributed by atoms with Gasteiger partial charge in [0.25, 0.3) is 0 Å². The SMILES string of the molecule is CCCCC(O)c1c(Cl)cnn1CCC. The van der Waals surface area contributed by atoms with Crippen LogP contribution in [0, 0.1) is 0 Å². The lowest BCUT2D eigenvalue weighted by molar-refractivity contribution is 0.153. The van der Waals surface area contributed by atoms with Crippen LogP contribution in [0.25, 0.3) is 0 Å². The molecule has 0 aliphatic carbocycles. The van der Waals surface area contributed by atoms with Gasteiger partial charge in [-0.1, -0.05) is 38.3 Å². The summed E-state index contributed by atoms with van der Waals surface area (Å²) in [5.74, 6) is 0. The average molecular weight is 231 g/mol. The Morgan fingerprint density at radius 2 is 2.20 bits per heavy atom. The van der Waals surface area contributed by atoms with Crippen molar-refractivity contribution in [2.75, 3.05) is 0 Å². The molecule has 3 nitrogen and oxygen atoms in total. The Balaban J connectivity index is 2.75. The Kier molecular flexibility index (Phi) is 5.12. The zero-order valence-electron chi connectivity index (χ0n) is 9.41. The summed E-state index contributed by atoms with van der Waals surface area (Å²) in [6.07, 6.45) is 4.97. The summed E-state index contributed by atoms with van der Waals surface area (Å²) in [7, 11) is 0. The van der Waals surface area contributed by atoms with Crippen molar-refractivity contribution in [2.24, 2.45) is 0 Å². The van der Waals surface area contributed by atoms with Gasteiger partial charge in [-0.15, -0.1) is 0 Å². The molecule has 0 aliphatic heterocycles. The van der Waals surface area contributed by atoms with Crippen molar-refractivity contribution < 1.29 is 5.11 Å². The molecule has 1 heterocycles. The maximum Gasteiger partial charge on any atom is 0.0971 e. The fourth-order valence-electron chi connectivity index (χ4n) is 1.63. The van der Waals surface area contributed by atoms with E-state index in [9.17, 15) is 5.11 Å². The molecule has 0 amide bonds. The Morgan fingerprint density at radius 1 is 1.47 bits per heavy atom. The Morgan fingerprint density at radius 3 is 2.80 bits per heavy atom. The van der Waals surface area contributed by atoms with Crippen LogP contribution in [0.2, 0.25) is 5.02 Å². The molecule has 0 saturated heterocycles. The number of nitrogens with zero attached hydrogens (tertiary/aromatic N) is 2. The zero-order chi connectivity index (χ0) is 11.3. The number of hydrogen-bond donors (Lipinski definition) is 1. The van der Waals surface area contributed by atoms with Gasteiger partial charge in [-0.2, -0.15) is 5.10 Å². The molecule has 0 radical (unpaired) electrons. The first-order valence-electron chi connectivity index (χ1n) is 5.60. The number of aliphatic hydroxyl groups is 1. The molecule has 0 fully saturated rings. The number of aryl methyl sites for hydroxylation is 1. The van der Waals surface area contributed by atoms with Gasteiger partial charge >= 0.3 is 0 Å². The lowest BCUT2D eigenvalue weighted by atomic mass is 10.1. The van der Waals surface area contributed by atoms with Crippen molar-refractivity contribution in [1.29, 1.82) is 0 Å². The van der Waals surface area contributed by atoms with Gasteiger partial charge in [-0.3, -0.25) is 4.68 Å². The van der Waals surface area contributed by atoms with Gasteiger partial charge in [0.2, 0.25) is 0 Å². The maximum atomic E-state index is 9.98. The summed E-state index contributed by atoms with van der Waals surface area (Å²) < 4.78 is 1.81. The first-order valence-corrected chi connectivity index (χ1v) is 5.97. The van der Waals surface area contributed by atoms with Crippen LogP contribution >= 0.6 is 11.6 Å². The number of hydrogen-bond acceptors (Lipinski definition) is 2. The van der Waals surface area contributed by atoms with Crippen LogP contribution in [-0.2, 0) is 6.54 Å². The van der Waals surface area contributed by atoms with Crippen molar-refractivity contribution in [2.45, 2.75) is 52.2 Å². The van der Waals surface area contributed by atoms with E-state index >= 15 is 0 Å². The molecule has 0 aliphatic rings. The highest BCUT2D eigenvalue weighted by molar-refractivity contribution is 6.31. The van der Waals surface area contributed by atoms with Crippen molar-refractivity contribution >= 4 is 11.6 Å². The van der Waals surface area contributed by atoms with Crippen molar-refractivity contribution in [3.8, 4) is 0 Å². The summed E-state index contributed by atoms with van der Waals surface area (Å²) in [4.78, 5) is 0. The van der Waals surface area contributed by atoms with Crippen LogP contribution in [0.15, 0.2) is 6.20 Å². The third-order valence-corrected chi connectivity index (χ3v) is 2.71. The molecule has 1 unspecified atom stereocenters. The second-order valence-corrected chi connectivity index (χ2v) is 4.17. The van der Waals surface area contributed by atoms with E-state index in [1.54, 1.807) is 6.20 Å². The van der Waals surface area contributed by atoms with Gasteiger partial charge in [-0.05, 0) is 12.8 Å². The largest absolute Gasteiger partial charge is 0.387 e. The van der Waals surface area contributed by atoms with Crippen molar-refractivity contribution in [3.63, 3.8) is 0 Å². The van der Waals surface area contributed by atoms with E-state index in [4.69, 9.17) is 11.6 Å². The topological polar surface area (TPSA) is 38.1 Å². The van der Waals surface area contributed by atoms with E-state index in [0.717, 1.165) is 37.9 Å². The molecular formula is C11H19ClN2O. The minimum Gasteiger partial charge on any atom is -0.387 e. The average Bonchev–Trinajstić information content (AvgIpc) is 2.57. The van der Waals surface area contributed by atoms with E-state index in [2.05, 4.69) is 18.9 Å². The second kappa shape index (κ2) is 6.13. The molecule has 0 aromatic carbocycles. The Labute approximate surface area is 96.1 Å². The van der Waals surface area contributed by atoms with Crippen LogP contribution in [0.3, 0.4) is 0 Å². The first-order chi connectivity index (χ1) is 7.20. The normalized spacial score (nSPS) is 13.1. The minimum atomic E-state index is -0.480. The van der Waals surface area contributed by atoms with Crippen molar-refractivity contribution in [3.05, 3.63) is 16.9 Å². The zero-order valence-corrected chi connectivity index (χ0v) is 10.2. The van der Waals surface area contributed by atoms with Crippen molar-refractivity contribution in [1.82, 2.24) is 9.78 Å². The van der Waals surface area contributed by atoms with Gasteiger partial charge in [0.15, 0.2) is 0 Å². The highest BCUT2D eigenvalue weighted by Gasteiger charge is 2.16. The third-order valence-electron chi connectivity index (χ3n) is 2.42. The first kappa shape index (κ1) is 12.5. The number of unbranched alkanes of at least 4 members (excludes halogenated alkanes) is 1. The van der Waals surface area contributed by atoms with E-state index in [-0.39, 0.29) is 0 Å².